The van der Waals surface area contributed by atoms with Crippen molar-refractivity contribution in [2.45, 2.75) is 0 Å². The van der Waals surface area contributed by atoms with Crippen molar-refractivity contribution in [2.75, 3.05) is 7.11 Å². The normalized spacial score (nSPS) is 10.1. The van der Waals surface area contributed by atoms with E-state index < -0.39 is 5.97 Å². The fraction of sp³-hybridized carbons (Fsp3) is 0.0357. The number of methoxy groups -OCH3 is 1. The van der Waals surface area contributed by atoms with E-state index >= 15 is 0 Å². The lowest BCUT2D eigenvalue weighted by Crippen LogP contribution is -1.85. The third-order valence-corrected chi connectivity index (χ3v) is 4.49. The van der Waals surface area contributed by atoms with Crippen molar-refractivity contribution >= 4 is 16.7 Å². The smallest absolute Gasteiger partial charge is 0.331 e. The first-order valence-electron chi connectivity index (χ1n) is 9.84. The molecule has 0 radical (unpaired) electrons. The molecule has 4 aromatic rings. The lowest BCUT2D eigenvalue weighted by molar-refractivity contribution is -0.131. The van der Waals surface area contributed by atoms with Crippen molar-refractivity contribution in [1.29, 1.82) is 0 Å². The number of aliphatic carboxylic acids is 1. The van der Waals surface area contributed by atoms with Gasteiger partial charge < -0.3 is 9.84 Å². The molecule has 0 saturated carbocycles. The second kappa shape index (κ2) is 11.1. The Morgan fingerprint density at radius 3 is 2.16 bits per heavy atom. The molecule has 4 heteroatoms. The van der Waals surface area contributed by atoms with Gasteiger partial charge in [0.15, 0.2) is 0 Å². The lowest BCUT2D eigenvalue weighted by atomic mass is 10.0. The standard InChI is InChI=1S/C24H15F.C4H6O3/c25-24-14-12-21(13-15-24)23-7-3-4-18(16-23)8-9-19-10-11-20-5-1-2-6-22(20)17-19;1-7-3-2-4(5)6/h1-7,10-17H;2-3H,1H3,(H,5,6). The SMILES string of the molecule is COC=CC(=O)O.Fc1ccc(-c2cccc(C#Cc3ccc4ccccc4c3)c2)cc1. The van der Waals surface area contributed by atoms with Gasteiger partial charge in [0.05, 0.1) is 19.4 Å². The minimum atomic E-state index is -0.998. The molecule has 0 aliphatic rings. The Morgan fingerprint density at radius 2 is 1.50 bits per heavy atom. The van der Waals surface area contributed by atoms with E-state index in [2.05, 4.69) is 40.8 Å². The van der Waals surface area contributed by atoms with Crippen LogP contribution in [0.1, 0.15) is 11.1 Å². The summed E-state index contributed by atoms with van der Waals surface area (Å²) in [4.78, 5) is 9.59. The molecule has 0 bridgehead atoms. The first-order chi connectivity index (χ1) is 15.5. The molecule has 0 aromatic heterocycles. The van der Waals surface area contributed by atoms with Crippen molar-refractivity contribution < 1.29 is 19.0 Å². The maximum absolute atomic E-state index is 13.1. The summed E-state index contributed by atoms with van der Waals surface area (Å²) in [6.45, 7) is 0. The minimum Gasteiger partial charge on any atom is -0.504 e. The Morgan fingerprint density at radius 1 is 0.812 bits per heavy atom. The van der Waals surface area contributed by atoms with E-state index in [1.807, 2.05) is 42.5 Å². The Kier molecular flexibility index (Phi) is 7.78. The monoisotopic (exact) mass is 424 g/mol. The van der Waals surface area contributed by atoms with E-state index in [0.717, 1.165) is 34.6 Å². The topological polar surface area (TPSA) is 46.5 Å². The minimum absolute atomic E-state index is 0.226. The van der Waals surface area contributed by atoms with Gasteiger partial charge >= 0.3 is 5.97 Å². The van der Waals surface area contributed by atoms with Gasteiger partial charge in [-0.2, -0.15) is 0 Å². The molecular formula is C28H21FO3. The van der Waals surface area contributed by atoms with Crippen LogP contribution in [-0.4, -0.2) is 18.2 Å². The van der Waals surface area contributed by atoms with Gasteiger partial charge in [-0.1, -0.05) is 66.4 Å². The Hall–Kier alpha value is -4.36. The maximum Gasteiger partial charge on any atom is 0.331 e. The van der Waals surface area contributed by atoms with Gasteiger partial charge in [0.2, 0.25) is 0 Å². The molecule has 0 aliphatic heterocycles. The summed E-state index contributed by atoms with van der Waals surface area (Å²) in [5.41, 5.74) is 3.95. The molecular weight excluding hydrogens is 403 g/mol. The van der Waals surface area contributed by atoms with Gasteiger partial charge in [-0.15, -0.1) is 0 Å². The van der Waals surface area contributed by atoms with Gasteiger partial charge in [-0.25, -0.2) is 9.18 Å². The second-order valence-electron chi connectivity index (χ2n) is 6.78. The van der Waals surface area contributed by atoms with Crippen LogP contribution in [0.15, 0.2) is 103 Å². The fourth-order valence-corrected chi connectivity index (χ4v) is 2.96. The number of carboxylic acids is 1. The fourth-order valence-electron chi connectivity index (χ4n) is 2.96. The molecule has 4 rings (SSSR count). The van der Waals surface area contributed by atoms with Crippen molar-refractivity contribution in [3.63, 3.8) is 0 Å². The lowest BCUT2D eigenvalue weighted by Gasteiger charge is -2.02. The molecule has 0 unspecified atom stereocenters. The molecule has 0 spiro atoms. The number of hydrogen-bond acceptors (Lipinski definition) is 2. The van der Waals surface area contributed by atoms with Gasteiger partial charge in [0.1, 0.15) is 5.82 Å². The summed E-state index contributed by atoms with van der Waals surface area (Å²) in [6, 6.07) is 29.0. The van der Waals surface area contributed by atoms with E-state index in [4.69, 9.17) is 5.11 Å². The molecule has 4 aromatic carbocycles. The van der Waals surface area contributed by atoms with Gasteiger partial charge in [0, 0.05) is 11.1 Å². The third kappa shape index (κ3) is 6.58. The Balaban J connectivity index is 0.000000360. The van der Waals surface area contributed by atoms with Crippen LogP contribution in [0.2, 0.25) is 0 Å². The van der Waals surface area contributed by atoms with Crippen LogP contribution in [0, 0.1) is 17.7 Å². The van der Waals surface area contributed by atoms with Crippen LogP contribution < -0.4 is 0 Å². The number of halogens is 1. The summed E-state index contributed by atoms with van der Waals surface area (Å²) in [5.74, 6) is 5.23. The molecule has 0 amide bonds. The predicted octanol–water partition coefficient (Wildman–Crippen LogP) is 6.28. The highest BCUT2D eigenvalue weighted by molar-refractivity contribution is 5.83. The van der Waals surface area contributed by atoms with Crippen molar-refractivity contribution in [3.05, 3.63) is 120 Å². The summed E-state index contributed by atoms with van der Waals surface area (Å²) >= 11 is 0. The number of carboxylic acid groups (broad SMARTS) is 1. The van der Waals surface area contributed by atoms with E-state index in [0.29, 0.717) is 0 Å². The van der Waals surface area contributed by atoms with Crippen LogP contribution in [0.5, 0.6) is 0 Å². The van der Waals surface area contributed by atoms with Crippen LogP contribution in [0.4, 0.5) is 4.39 Å². The number of benzene rings is 4. The predicted molar refractivity (Wildman–Crippen MR) is 126 cm³/mol. The number of ether oxygens (including phenoxy) is 1. The molecule has 0 saturated heterocycles. The summed E-state index contributed by atoms with van der Waals surface area (Å²) in [6.07, 6.45) is 2.02. The molecule has 0 fully saturated rings. The molecule has 158 valence electrons. The first kappa shape index (κ1) is 22.3. The maximum atomic E-state index is 13.1. The number of hydrogen-bond donors (Lipinski definition) is 1. The van der Waals surface area contributed by atoms with Crippen molar-refractivity contribution in [3.8, 4) is 23.0 Å². The van der Waals surface area contributed by atoms with Crippen LogP contribution in [-0.2, 0) is 9.53 Å². The molecule has 1 N–H and O–H groups in total. The summed E-state index contributed by atoms with van der Waals surface area (Å²) in [7, 11) is 1.39. The highest BCUT2D eigenvalue weighted by atomic mass is 19.1. The Bertz CT molecular complexity index is 1300. The molecule has 0 atom stereocenters. The molecule has 32 heavy (non-hydrogen) atoms. The van der Waals surface area contributed by atoms with Crippen molar-refractivity contribution in [1.82, 2.24) is 0 Å². The van der Waals surface area contributed by atoms with Gasteiger partial charge in [-0.3, -0.25) is 0 Å². The second-order valence-corrected chi connectivity index (χ2v) is 6.78. The molecule has 0 aliphatic carbocycles. The van der Waals surface area contributed by atoms with Crippen LogP contribution >= 0.6 is 0 Å². The summed E-state index contributed by atoms with van der Waals surface area (Å²) in [5, 5.41) is 10.3. The van der Waals surface area contributed by atoms with Gasteiger partial charge in [0.25, 0.3) is 0 Å². The largest absolute Gasteiger partial charge is 0.504 e. The number of carbonyl (C=O) groups is 1. The zero-order valence-electron chi connectivity index (χ0n) is 17.5. The zero-order chi connectivity index (χ0) is 22.8. The number of rotatable bonds is 3. The van der Waals surface area contributed by atoms with Crippen LogP contribution in [0.25, 0.3) is 21.9 Å². The summed E-state index contributed by atoms with van der Waals surface area (Å²) < 4.78 is 17.4. The van der Waals surface area contributed by atoms with Gasteiger partial charge in [-0.05, 0) is 58.3 Å². The molecule has 3 nitrogen and oxygen atoms in total. The van der Waals surface area contributed by atoms with Crippen molar-refractivity contribution in [2.24, 2.45) is 0 Å². The van der Waals surface area contributed by atoms with E-state index in [9.17, 15) is 9.18 Å². The van der Waals surface area contributed by atoms with E-state index in [1.165, 1.54) is 30.0 Å². The quantitative estimate of drug-likeness (QED) is 0.239. The average Bonchev–Trinajstić information content (AvgIpc) is 2.82. The molecule has 0 heterocycles. The Labute approximate surface area is 186 Å². The highest BCUT2D eigenvalue weighted by Gasteiger charge is 1.99. The van der Waals surface area contributed by atoms with E-state index in [-0.39, 0.29) is 5.82 Å². The average molecular weight is 424 g/mol. The van der Waals surface area contributed by atoms with Crippen LogP contribution in [0.3, 0.4) is 0 Å². The highest BCUT2D eigenvalue weighted by Crippen LogP contribution is 2.21. The zero-order valence-corrected chi connectivity index (χ0v) is 17.5. The third-order valence-electron chi connectivity index (χ3n) is 4.49. The first-order valence-corrected chi connectivity index (χ1v) is 9.84. The number of fused-ring (bicyclic) bond motifs is 1. The van der Waals surface area contributed by atoms with E-state index in [1.54, 1.807) is 12.1 Å².